The van der Waals surface area contributed by atoms with Crippen molar-refractivity contribution in [1.82, 2.24) is 9.78 Å². The number of halogens is 1. The molecule has 0 atom stereocenters. The van der Waals surface area contributed by atoms with Crippen molar-refractivity contribution < 1.29 is 14.3 Å². The summed E-state index contributed by atoms with van der Waals surface area (Å²) in [5.74, 6) is -0.932. The molecule has 4 aromatic rings. The summed E-state index contributed by atoms with van der Waals surface area (Å²) in [6, 6.07) is 18.7. The third-order valence-corrected chi connectivity index (χ3v) is 5.77. The molecule has 0 spiro atoms. The van der Waals surface area contributed by atoms with E-state index in [1.165, 1.54) is 11.3 Å². The van der Waals surface area contributed by atoms with Gasteiger partial charge in [0.05, 0.1) is 11.4 Å². The summed E-state index contributed by atoms with van der Waals surface area (Å²) in [5.41, 5.74) is 2.37. The van der Waals surface area contributed by atoms with E-state index in [2.05, 4.69) is 26.3 Å². The summed E-state index contributed by atoms with van der Waals surface area (Å²) in [4.78, 5) is 25.8. The monoisotopic (exact) mass is 469 g/mol. The molecule has 4 rings (SSSR count). The first-order valence-electron chi connectivity index (χ1n) is 8.78. The number of nitrogens with zero attached hydrogens (tertiary/aromatic N) is 2. The molecular weight excluding hydrogens is 454 g/mol. The zero-order chi connectivity index (χ0) is 20.4. The van der Waals surface area contributed by atoms with E-state index in [1.807, 2.05) is 48.0 Å². The number of esters is 1. The number of hydrogen-bond donors (Lipinski definition) is 1. The summed E-state index contributed by atoms with van der Waals surface area (Å²) in [6.45, 7) is 1.54. The first kappa shape index (κ1) is 19.4. The number of carbonyl (C=O) groups excluding carboxylic acids is 2. The lowest BCUT2D eigenvalue weighted by atomic mass is 10.3. The zero-order valence-corrected chi connectivity index (χ0v) is 17.8. The highest BCUT2D eigenvalue weighted by Gasteiger charge is 2.19. The Morgan fingerprint density at radius 1 is 1.14 bits per heavy atom. The molecule has 2 aromatic heterocycles. The second-order valence-corrected chi connectivity index (χ2v) is 8.24. The van der Waals surface area contributed by atoms with Crippen molar-refractivity contribution in [3.05, 3.63) is 75.7 Å². The van der Waals surface area contributed by atoms with Crippen LogP contribution in [0.2, 0.25) is 0 Å². The molecule has 1 amide bonds. The van der Waals surface area contributed by atoms with Crippen molar-refractivity contribution in [1.29, 1.82) is 0 Å². The summed E-state index contributed by atoms with van der Waals surface area (Å²) < 4.78 is 7.85. The van der Waals surface area contributed by atoms with Crippen LogP contribution in [-0.2, 0) is 9.53 Å². The maximum atomic E-state index is 12.5. The van der Waals surface area contributed by atoms with Crippen LogP contribution in [0, 0.1) is 6.92 Å². The fraction of sp³-hybridized carbons (Fsp3) is 0.0952. The quantitative estimate of drug-likeness (QED) is 0.419. The lowest BCUT2D eigenvalue weighted by molar-refractivity contribution is -0.119. The van der Waals surface area contributed by atoms with Crippen LogP contribution >= 0.6 is 27.3 Å². The number of carbonyl (C=O) groups is 2. The van der Waals surface area contributed by atoms with Crippen molar-refractivity contribution in [2.45, 2.75) is 6.92 Å². The average Bonchev–Trinajstić information content (AvgIpc) is 3.28. The maximum absolute atomic E-state index is 12.5. The van der Waals surface area contributed by atoms with Gasteiger partial charge in [-0.1, -0.05) is 40.2 Å². The van der Waals surface area contributed by atoms with E-state index in [0.717, 1.165) is 26.1 Å². The normalized spacial score (nSPS) is 10.8. The zero-order valence-electron chi connectivity index (χ0n) is 15.4. The second-order valence-electron chi connectivity index (χ2n) is 6.30. The van der Waals surface area contributed by atoms with Crippen LogP contribution in [0.1, 0.15) is 15.4 Å². The summed E-state index contributed by atoms with van der Waals surface area (Å²) in [5, 5.41) is 8.14. The summed E-state index contributed by atoms with van der Waals surface area (Å²) >= 11 is 4.64. The molecular formula is C21H16BrN3O3S. The standard InChI is InChI=1S/C21H16BrN3O3S/c1-13-17-11-18(29-20(17)25(24-13)16-8-3-2-4-9-16)21(27)28-12-19(26)23-15-7-5-6-14(22)10-15/h2-11H,12H2,1H3,(H,23,26). The van der Waals surface area contributed by atoms with Crippen molar-refractivity contribution in [3.8, 4) is 5.69 Å². The fourth-order valence-corrected chi connectivity index (χ4v) is 4.33. The fourth-order valence-electron chi connectivity index (χ4n) is 2.86. The molecule has 8 heteroatoms. The number of para-hydroxylation sites is 1. The number of anilines is 1. The topological polar surface area (TPSA) is 73.2 Å². The minimum atomic E-state index is -0.533. The lowest BCUT2D eigenvalue weighted by Crippen LogP contribution is -2.20. The van der Waals surface area contributed by atoms with Gasteiger partial charge in [-0.2, -0.15) is 5.10 Å². The molecule has 0 bridgehead atoms. The van der Waals surface area contributed by atoms with Gasteiger partial charge in [0, 0.05) is 15.5 Å². The van der Waals surface area contributed by atoms with E-state index < -0.39 is 11.9 Å². The molecule has 146 valence electrons. The summed E-state index contributed by atoms with van der Waals surface area (Å²) in [7, 11) is 0. The number of aromatic nitrogens is 2. The first-order valence-corrected chi connectivity index (χ1v) is 10.4. The Morgan fingerprint density at radius 3 is 2.69 bits per heavy atom. The van der Waals surface area contributed by atoms with Gasteiger partial charge in [-0.05, 0) is 43.3 Å². The predicted molar refractivity (Wildman–Crippen MR) is 117 cm³/mol. The summed E-state index contributed by atoms with van der Waals surface area (Å²) in [6.07, 6.45) is 0. The van der Waals surface area contributed by atoms with Gasteiger partial charge in [0.25, 0.3) is 5.91 Å². The van der Waals surface area contributed by atoms with Gasteiger partial charge in [0.1, 0.15) is 9.71 Å². The number of amides is 1. The highest BCUT2D eigenvalue weighted by Crippen LogP contribution is 2.30. The Morgan fingerprint density at radius 2 is 1.93 bits per heavy atom. The molecule has 0 saturated carbocycles. The number of thiophene rings is 1. The Balaban J connectivity index is 1.47. The van der Waals surface area contributed by atoms with Gasteiger partial charge >= 0.3 is 5.97 Å². The highest BCUT2D eigenvalue weighted by atomic mass is 79.9. The Hall–Kier alpha value is -2.97. The van der Waals surface area contributed by atoms with Gasteiger partial charge in [0.15, 0.2) is 6.61 Å². The van der Waals surface area contributed by atoms with Crippen molar-refractivity contribution in [3.63, 3.8) is 0 Å². The SMILES string of the molecule is Cc1nn(-c2ccccc2)c2sc(C(=O)OCC(=O)Nc3cccc(Br)c3)cc12. The molecule has 2 aromatic carbocycles. The van der Waals surface area contributed by atoms with Gasteiger partial charge in [-0.25, -0.2) is 9.48 Å². The van der Waals surface area contributed by atoms with Crippen molar-refractivity contribution >= 4 is 55.0 Å². The van der Waals surface area contributed by atoms with Gasteiger partial charge in [-0.15, -0.1) is 11.3 Å². The number of hydrogen-bond acceptors (Lipinski definition) is 5. The molecule has 0 fully saturated rings. The van der Waals surface area contributed by atoms with Crippen LogP contribution in [0.4, 0.5) is 5.69 Å². The molecule has 1 N–H and O–H groups in total. The van der Waals surface area contributed by atoms with Crippen LogP contribution in [0.3, 0.4) is 0 Å². The number of ether oxygens (including phenoxy) is 1. The van der Waals surface area contributed by atoms with E-state index in [9.17, 15) is 9.59 Å². The second kappa shape index (κ2) is 8.18. The van der Waals surface area contributed by atoms with Gasteiger partial charge < -0.3 is 10.1 Å². The molecule has 0 saturated heterocycles. The number of fused-ring (bicyclic) bond motifs is 1. The number of nitrogens with one attached hydrogen (secondary N) is 1. The number of aryl methyl sites for hydroxylation is 1. The largest absolute Gasteiger partial charge is 0.451 e. The highest BCUT2D eigenvalue weighted by molar-refractivity contribution is 9.10. The Kier molecular flexibility index (Phi) is 5.46. The van der Waals surface area contributed by atoms with E-state index in [0.29, 0.717) is 10.6 Å². The van der Waals surface area contributed by atoms with E-state index in [-0.39, 0.29) is 6.61 Å². The average molecular weight is 470 g/mol. The molecule has 29 heavy (non-hydrogen) atoms. The number of rotatable bonds is 5. The number of benzene rings is 2. The predicted octanol–water partition coefficient (Wildman–Crippen LogP) is 4.95. The molecule has 0 aliphatic rings. The molecule has 0 unspecified atom stereocenters. The van der Waals surface area contributed by atoms with E-state index >= 15 is 0 Å². The van der Waals surface area contributed by atoms with E-state index in [4.69, 9.17) is 4.74 Å². The van der Waals surface area contributed by atoms with Gasteiger partial charge in [0.2, 0.25) is 0 Å². The van der Waals surface area contributed by atoms with Crippen LogP contribution in [0.25, 0.3) is 15.9 Å². The minimum absolute atomic E-state index is 0.358. The van der Waals surface area contributed by atoms with Gasteiger partial charge in [-0.3, -0.25) is 4.79 Å². The minimum Gasteiger partial charge on any atom is -0.451 e. The molecule has 0 aliphatic carbocycles. The third kappa shape index (κ3) is 4.23. The first-order chi connectivity index (χ1) is 14.0. The van der Waals surface area contributed by atoms with Crippen LogP contribution in [0.5, 0.6) is 0 Å². The third-order valence-electron chi connectivity index (χ3n) is 4.19. The van der Waals surface area contributed by atoms with Crippen LogP contribution in [0.15, 0.2) is 65.1 Å². The smallest absolute Gasteiger partial charge is 0.348 e. The molecule has 2 heterocycles. The Labute approximate surface area is 179 Å². The lowest BCUT2D eigenvalue weighted by Gasteiger charge is -2.06. The molecule has 0 aliphatic heterocycles. The van der Waals surface area contributed by atoms with Crippen LogP contribution in [-0.4, -0.2) is 28.3 Å². The van der Waals surface area contributed by atoms with Crippen LogP contribution < -0.4 is 5.32 Å². The maximum Gasteiger partial charge on any atom is 0.348 e. The molecule has 6 nitrogen and oxygen atoms in total. The Bertz CT molecular complexity index is 1200. The van der Waals surface area contributed by atoms with E-state index in [1.54, 1.807) is 24.3 Å². The van der Waals surface area contributed by atoms with Crippen molar-refractivity contribution in [2.75, 3.05) is 11.9 Å². The molecule has 0 radical (unpaired) electrons. The van der Waals surface area contributed by atoms with Crippen molar-refractivity contribution in [2.24, 2.45) is 0 Å².